The number of likely N-dealkylation sites (tertiary alicyclic amines) is 1. The van der Waals surface area contributed by atoms with Crippen LogP contribution in [0, 0.1) is 11.3 Å². The van der Waals surface area contributed by atoms with Crippen LogP contribution in [0.2, 0.25) is 0 Å². The summed E-state index contributed by atoms with van der Waals surface area (Å²) in [5.74, 6) is 0.748. The van der Waals surface area contributed by atoms with Crippen LogP contribution >= 0.6 is 0 Å². The highest BCUT2D eigenvalue weighted by Gasteiger charge is 2.23. The molecule has 0 N–H and O–H groups in total. The van der Waals surface area contributed by atoms with E-state index in [0.29, 0.717) is 35.7 Å². The number of carbonyl (C=O) groups excluding carboxylic acids is 2. The predicted molar refractivity (Wildman–Crippen MR) is 163 cm³/mol. The molecule has 3 aromatic carbocycles. The van der Waals surface area contributed by atoms with E-state index in [4.69, 9.17) is 9.68 Å². The Bertz CT molecular complexity index is 1740. The van der Waals surface area contributed by atoms with Crippen LogP contribution < -0.4 is 4.90 Å². The lowest BCUT2D eigenvalue weighted by molar-refractivity contribution is 0.0693. The van der Waals surface area contributed by atoms with Gasteiger partial charge in [0.1, 0.15) is 5.76 Å². The zero-order valence-electron chi connectivity index (χ0n) is 23.7. The number of amides is 2. The van der Waals surface area contributed by atoms with Crippen molar-refractivity contribution in [2.45, 2.75) is 32.4 Å². The minimum atomic E-state index is -0.133. The van der Waals surface area contributed by atoms with Crippen LogP contribution in [-0.2, 0) is 13.1 Å². The Balaban J connectivity index is 1.24. The number of hydrogen-bond acceptors (Lipinski definition) is 5. The number of anilines is 1. The van der Waals surface area contributed by atoms with Crippen LogP contribution in [0.5, 0.6) is 0 Å². The van der Waals surface area contributed by atoms with E-state index in [9.17, 15) is 9.59 Å². The maximum Gasteiger partial charge on any atom is 0.289 e. The molecule has 6 rings (SSSR count). The summed E-state index contributed by atoms with van der Waals surface area (Å²) in [6.45, 7) is 2.39. The summed E-state index contributed by atoms with van der Waals surface area (Å²) >= 11 is 0. The molecule has 8 heteroatoms. The van der Waals surface area contributed by atoms with E-state index >= 15 is 0 Å². The number of nitriles is 1. The fourth-order valence-corrected chi connectivity index (χ4v) is 5.35. The van der Waals surface area contributed by atoms with E-state index in [0.717, 1.165) is 54.9 Å². The van der Waals surface area contributed by atoms with Gasteiger partial charge in [-0.3, -0.25) is 9.59 Å². The number of piperidine rings is 1. The van der Waals surface area contributed by atoms with Crippen molar-refractivity contribution in [3.63, 3.8) is 0 Å². The lowest BCUT2D eigenvalue weighted by Gasteiger charge is -2.25. The highest BCUT2D eigenvalue weighted by Crippen LogP contribution is 2.28. The average molecular weight is 570 g/mol. The Morgan fingerprint density at radius 3 is 2.35 bits per heavy atom. The standard InChI is InChI=1S/C35H31N5O3/c36-21-26-9-11-27(12-10-26)23-39-25-37-22-31(39)24-40(34(41)29-7-3-1-4-8-29)30-15-13-28(14-16-30)32-17-18-33(43-32)35(42)38-19-5-2-6-20-38/h1,3-4,7-18,22,25H,2,5-6,19-20,23-24H2. The first kappa shape index (κ1) is 27.7. The summed E-state index contributed by atoms with van der Waals surface area (Å²) < 4.78 is 7.98. The van der Waals surface area contributed by atoms with Crippen LogP contribution in [-0.4, -0.2) is 39.4 Å². The Kier molecular flexibility index (Phi) is 8.14. The minimum Gasteiger partial charge on any atom is -0.451 e. The molecule has 1 fully saturated rings. The van der Waals surface area contributed by atoms with Gasteiger partial charge in [0.15, 0.2) is 5.76 Å². The molecule has 0 aliphatic carbocycles. The molecule has 3 heterocycles. The van der Waals surface area contributed by atoms with Gasteiger partial charge in [0.05, 0.1) is 30.2 Å². The van der Waals surface area contributed by atoms with Crippen molar-refractivity contribution in [3.05, 3.63) is 132 Å². The van der Waals surface area contributed by atoms with Gasteiger partial charge in [0.25, 0.3) is 11.8 Å². The van der Waals surface area contributed by atoms with Crippen molar-refractivity contribution in [2.24, 2.45) is 0 Å². The fourth-order valence-electron chi connectivity index (χ4n) is 5.35. The quantitative estimate of drug-likeness (QED) is 0.212. The first-order chi connectivity index (χ1) is 21.1. The maximum absolute atomic E-state index is 13.8. The SMILES string of the molecule is N#Cc1ccc(Cn2cncc2CN(C(=O)c2ccccc2)c2ccc(-c3ccc(C(=O)N4CCCCC4)o3)cc2)cc1. The molecule has 0 spiro atoms. The number of carbonyl (C=O) groups is 2. The Labute approximate surface area is 250 Å². The lowest BCUT2D eigenvalue weighted by atomic mass is 10.1. The Hall–Kier alpha value is -5.42. The zero-order valence-corrected chi connectivity index (χ0v) is 23.7. The van der Waals surface area contributed by atoms with Gasteiger partial charge >= 0.3 is 0 Å². The van der Waals surface area contributed by atoms with Gasteiger partial charge < -0.3 is 18.8 Å². The van der Waals surface area contributed by atoms with Gasteiger partial charge in [0, 0.05) is 42.6 Å². The molecule has 8 nitrogen and oxygen atoms in total. The molecule has 1 saturated heterocycles. The Morgan fingerprint density at radius 1 is 0.884 bits per heavy atom. The molecule has 2 amide bonds. The molecule has 0 radical (unpaired) electrons. The number of benzene rings is 3. The summed E-state index contributed by atoms with van der Waals surface area (Å²) in [6, 6.07) is 29.9. The highest BCUT2D eigenvalue weighted by molar-refractivity contribution is 6.06. The number of furan rings is 1. The van der Waals surface area contributed by atoms with E-state index in [1.165, 1.54) is 0 Å². The van der Waals surface area contributed by atoms with E-state index in [1.54, 1.807) is 35.6 Å². The molecule has 0 atom stereocenters. The van der Waals surface area contributed by atoms with Crippen molar-refractivity contribution in [3.8, 4) is 17.4 Å². The second-order valence-electron chi connectivity index (χ2n) is 10.6. The summed E-state index contributed by atoms with van der Waals surface area (Å²) in [7, 11) is 0. The molecule has 1 aliphatic heterocycles. The van der Waals surface area contributed by atoms with E-state index in [-0.39, 0.29) is 11.8 Å². The third-order valence-corrected chi connectivity index (χ3v) is 7.74. The average Bonchev–Trinajstić information content (AvgIpc) is 3.74. The molecule has 1 aliphatic rings. The number of hydrogen-bond donors (Lipinski definition) is 0. The molecule has 43 heavy (non-hydrogen) atoms. The van der Waals surface area contributed by atoms with Crippen molar-refractivity contribution >= 4 is 17.5 Å². The molecular weight excluding hydrogens is 538 g/mol. The second kappa shape index (κ2) is 12.6. The summed E-state index contributed by atoms with van der Waals surface area (Å²) in [4.78, 5) is 34.6. The minimum absolute atomic E-state index is 0.0696. The molecule has 0 bridgehead atoms. The van der Waals surface area contributed by atoms with Gasteiger partial charge in [-0.2, -0.15) is 5.26 Å². The van der Waals surface area contributed by atoms with Gasteiger partial charge in [-0.05, 0) is 85.5 Å². The van der Waals surface area contributed by atoms with E-state index < -0.39 is 0 Å². The van der Waals surface area contributed by atoms with E-state index in [1.807, 2.05) is 82.3 Å². The molecule has 0 saturated carbocycles. The second-order valence-corrected chi connectivity index (χ2v) is 10.6. The topological polar surface area (TPSA) is 95.4 Å². The smallest absolute Gasteiger partial charge is 0.289 e. The summed E-state index contributed by atoms with van der Waals surface area (Å²) in [5.41, 5.74) is 4.62. The van der Waals surface area contributed by atoms with Crippen LogP contribution in [0.3, 0.4) is 0 Å². The number of nitrogens with zero attached hydrogens (tertiary/aromatic N) is 5. The van der Waals surface area contributed by atoms with Crippen molar-refractivity contribution < 1.29 is 14.0 Å². The fraction of sp³-hybridized carbons (Fsp3) is 0.200. The Morgan fingerprint density at radius 2 is 1.63 bits per heavy atom. The van der Waals surface area contributed by atoms with E-state index in [2.05, 4.69) is 11.1 Å². The van der Waals surface area contributed by atoms with Crippen molar-refractivity contribution in [1.82, 2.24) is 14.5 Å². The van der Waals surface area contributed by atoms with Crippen LogP contribution in [0.25, 0.3) is 11.3 Å². The van der Waals surface area contributed by atoms with Crippen molar-refractivity contribution in [2.75, 3.05) is 18.0 Å². The molecule has 214 valence electrons. The molecular formula is C35H31N5O3. The first-order valence-corrected chi connectivity index (χ1v) is 14.4. The van der Waals surface area contributed by atoms with Gasteiger partial charge in [-0.15, -0.1) is 0 Å². The first-order valence-electron chi connectivity index (χ1n) is 14.4. The highest BCUT2D eigenvalue weighted by atomic mass is 16.4. The summed E-state index contributed by atoms with van der Waals surface area (Å²) in [6.07, 6.45) is 6.72. The molecule has 0 unspecified atom stereocenters. The lowest BCUT2D eigenvalue weighted by Crippen LogP contribution is -2.35. The number of rotatable bonds is 8. The van der Waals surface area contributed by atoms with Crippen LogP contribution in [0.1, 0.15) is 57.0 Å². The molecule has 5 aromatic rings. The number of aromatic nitrogens is 2. The monoisotopic (exact) mass is 569 g/mol. The van der Waals surface area contributed by atoms with Crippen LogP contribution in [0.4, 0.5) is 5.69 Å². The molecule has 2 aromatic heterocycles. The van der Waals surface area contributed by atoms with Gasteiger partial charge in [-0.1, -0.05) is 30.3 Å². The normalized spacial score (nSPS) is 13.0. The van der Waals surface area contributed by atoms with Crippen molar-refractivity contribution in [1.29, 1.82) is 5.26 Å². The van der Waals surface area contributed by atoms with Crippen LogP contribution in [0.15, 0.2) is 108 Å². The third kappa shape index (κ3) is 6.26. The largest absolute Gasteiger partial charge is 0.451 e. The third-order valence-electron chi connectivity index (χ3n) is 7.74. The van der Waals surface area contributed by atoms with Gasteiger partial charge in [-0.25, -0.2) is 4.98 Å². The predicted octanol–water partition coefficient (Wildman–Crippen LogP) is 6.54. The summed E-state index contributed by atoms with van der Waals surface area (Å²) in [5, 5.41) is 9.11. The number of imidazole rings is 1. The van der Waals surface area contributed by atoms with Gasteiger partial charge in [0.2, 0.25) is 0 Å². The zero-order chi connectivity index (χ0) is 29.6. The maximum atomic E-state index is 13.8.